The van der Waals surface area contributed by atoms with Crippen molar-refractivity contribution in [3.05, 3.63) is 14.7 Å². The van der Waals surface area contributed by atoms with Gasteiger partial charge in [-0.1, -0.05) is 22.5 Å². The van der Waals surface area contributed by atoms with E-state index in [2.05, 4.69) is 15.5 Å². The number of hydrogen-bond donors (Lipinski definition) is 0. The average Bonchev–Trinajstić information content (AvgIpc) is 2.35. The normalized spacial score (nSPS) is 39.0. The van der Waals surface area contributed by atoms with Crippen LogP contribution in [0.3, 0.4) is 0 Å². The molecule has 1 aliphatic rings. The third-order valence-electron chi connectivity index (χ3n) is 2.67. The Labute approximate surface area is 91.6 Å². The third-order valence-corrected chi connectivity index (χ3v) is 2.67. The molecule has 0 aliphatic carbocycles. The lowest BCUT2D eigenvalue weighted by Gasteiger charge is -2.37. The zero-order valence-corrected chi connectivity index (χ0v) is 8.98. The molecule has 0 amide bonds. The Bertz CT molecular complexity index is 252. The second-order valence-corrected chi connectivity index (χ2v) is 3.47. The first kappa shape index (κ1) is 12.8. The molecule has 8 nitrogen and oxygen atoms in total. The van der Waals surface area contributed by atoms with Crippen LogP contribution in [0.5, 0.6) is 0 Å². The molecule has 0 aromatic heterocycles. The van der Waals surface area contributed by atoms with E-state index in [1.165, 1.54) is 7.11 Å². The second-order valence-electron chi connectivity index (χ2n) is 3.47. The lowest BCUT2D eigenvalue weighted by atomic mass is 9.92. The molecule has 1 fully saturated rings. The molecule has 90 valence electrons. The van der Waals surface area contributed by atoms with Crippen LogP contribution in [-0.4, -0.2) is 37.6 Å². The Morgan fingerprint density at radius 1 is 1.06 bits per heavy atom. The van der Waals surface area contributed by atoms with Crippen molar-refractivity contribution >= 4 is 0 Å². The van der Waals surface area contributed by atoms with Gasteiger partial charge < -0.3 is 9.47 Å². The third kappa shape index (κ3) is 2.12. The Hall–Kier alpha value is -1.28. The van der Waals surface area contributed by atoms with Gasteiger partial charge in [-0.25, -0.2) is 0 Å². The van der Waals surface area contributed by atoms with E-state index < -0.39 is 30.5 Å². The maximum Gasteiger partial charge on any atom is 0.185 e. The highest BCUT2D eigenvalue weighted by Gasteiger charge is 2.49. The molecule has 5 atom stereocenters. The van der Waals surface area contributed by atoms with Gasteiger partial charge in [-0.15, -0.1) is 0 Å². The predicted octanol–water partition coefficient (Wildman–Crippen LogP) is 1.17. The van der Waals surface area contributed by atoms with Gasteiger partial charge in [-0.2, -0.15) is 14.7 Å². The SMILES string of the molecule is CCC1OC(OC)C(N=O)C(N=O)C1N=O. The van der Waals surface area contributed by atoms with Crippen molar-refractivity contribution in [3.63, 3.8) is 0 Å². The number of nitroso groups, excluding NO2 is 3. The summed E-state index contributed by atoms with van der Waals surface area (Å²) in [5.74, 6) is 0. The van der Waals surface area contributed by atoms with Crippen LogP contribution in [0.4, 0.5) is 0 Å². The molecule has 0 aromatic carbocycles. The van der Waals surface area contributed by atoms with Gasteiger partial charge in [0.15, 0.2) is 18.4 Å². The highest BCUT2D eigenvalue weighted by Crippen LogP contribution is 2.29. The summed E-state index contributed by atoms with van der Waals surface area (Å²) in [6, 6.07) is -3.25. The minimum Gasteiger partial charge on any atom is -0.353 e. The van der Waals surface area contributed by atoms with Gasteiger partial charge in [0.2, 0.25) is 0 Å². The number of hydrogen-bond acceptors (Lipinski definition) is 8. The lowest BCUT2D eigenvalue weighted by molar-refractivity contribution is -0.198. The summed E-state index contributed by atoms with van der Waals surface area (Å²) < 4.78 is 10.2. The minimum atomic E-state index is -1.13. The zero-order chi connectivity index (χ0) is 12.1. The molecule has 0 saturated carbocycles. The van der Waals surface area contributed by atoms with Crippen molar-refractivity contribution in [1.29, 1.82) is 0 Å². The smallest absolute Gasteiger partial charge is 0.185 e. The second kappa shape index (κ2) is 5.71. The van der Waals surface area contributed by atoms with Crippen molar-refractivity contribution < 1.29 is 9.47 Å². The molecule has 8 heteroatoms. The fourth-order valence-electron chi connectivity index (χ4n) is 1.82. The quantitative estimate of drug-likeness (QED) is 0.660. The summed E-state index contributed by atoms with van der Waals surface area (Å²) in [6.07, 6.45) is -1.07. The van der Waals surface area contributed by atoms with E-state index in [1.807, 2.05) is 0 Å². The van der Waals surface area contributed by atoms with E-state index >= 15 is 0 Å². The van der Waals surface area contributed by atoms with Crippen LogP contribution in [0.1, 0.15) is 13.3 Å². The molecular weight excluding hydrogens is 218 g/mol. The fraction of sp³-hybridized carbons (Fsp3) is 1.00. The summed E-state index contributed by atoms with van der Waals surface area (Å²) in [4.78, 5) is 31.9. The topological polar surface area (TPSA) is 107 Å². The Balaban J connectivity index is 2.97. The molecule has 0 radical (unpaired) electrons. The van der Waals surface area contributed by atoms with Crippen LogP contribution in [0.15, 0.2) is 15.5 Å². The summed E-state index contributed by atoms with van der Waals surface area (Å²) in [7, 11) is 1.33. The fourth-order valence-corrected chi connectivity index (χ4v) is 1.82. The molecule has 1 rings (SSSR count). The van der Waals surface area contributed by atoms with Crippen molar-refractivity contribution in [3.8, 4) is 0 Å². The molecule has 16 heavy (non-hydrogen) atoms. The molecule has 0 bridgehead atoms. The number of methoxy groups -OCH3 is 1. The van der Waals surface area contributed by atoms with Gasteiger partial charge in [0, 0.05) is 7.11 Å². The zero-order valence-electron chi connectivity index (χ0n) is 8.98. The van der Waals surface area contributed by atoms with Crippen LogP contribution in [0, 0.1) is 14.7 Å². The first-order valence-electron chi connectivity index (χ1n) is 4.89. The molecule has 0 N–H and O–H groups in total. The highest BCUT2D eigenvalue weighted by molar-refractivity contribution is 5.01. The number of rotatable bonds is 5. The summed E-state index contributed by atoms with van der Waals surface area (Å²) in [5, 5.41) is 8.27. The van der Waals surface area contributed by atoms with Crippen molar-refractivity contribution in [2.45, 2.75) is 43.9 Å². The molecule has 0 spiro atoms. The van der Waals surface area contributed by atoms with Crippen molar-refractivity contribution in [2.24, 2.45) is 15.5 Å². The predicted molar refractivity (Wildman–Crippen MR) is 54.7 cm³/mol. The van der Waals surface area contributed by atoms with Gasteiger partial charge in [0.05, 0.1) is 6.10 Å². The van der Waals surface area contributed by atoms with Gasteiger partial charge in [0.1, 0.15) is 6.04 Å². The number of ether oxygens (including phenoxy) is 2. The molecule has 0 aromatic rings. The summed E-state index contributed by atoms with van der Waals surface area (Å²) in [5.41, 5.74) is 0. The van der Waals surface area contributed by atoms with E-state index in [9.17, 15) is 14.7 Å². The Morgan fingerprint density at radius 2 is 1.62 bits per heavy atom. The van der Waals surface area contributed by atoms with E-state index in [1.54, 1.807) is 6.92 Å². The largest absolute Gasteiger partial charge is 0.353 e. The molecule has 5 unspecified atom stereocenters. The van der Waals surface area contributed by atoms with E-state index in [0.717, 1.165) is 0 Å². The van der Waals surface area contributed by atoms with Crippen LogP contribution in [0.25, 0.3) is 0 Å². The monoisotopic (exact) mass is 231 g/mol. The molecule has 1 aliphatic heterocycles. The Kier molecular flexibility index (Phi) is 4.56. The van der Waals surface area contributed by atoms with Crippen LogP contribution >= 0.6 is 0 Å². The van der Waals surface area contributed by atoms with Gasteiger partial charge in [-0.3, -0.25) is 0 Å². The minimum absolute atomic E-state index is 0.466. The molecule has 1 saturated heterocycles. The standard InChI is InChI=1S/C8H13N3O5/c1-3-4-5(9-12)6(10-13)7(11-14)8(15-2)16-4/h4-8H,3H2,1-2H3. The summed E-state index contributed by atoms with van der Waals surface area (Å²) >= 11 is 0. The van der Waals surface area contributed by atoms with Crippen LogP contribution < -0.4 is 0 Å². The molecule has 1 heterocycles. The average molecular weight is 231 g/mol. The van der Waals surface area contributed by atoms with E-state index in [0.29, 0.717) is 6.42 Å². The first-order chi connectivity index (χ1) is 7.73. The number of nitrogens with zero attached hydrogens (tertiary/aromatic N) is 3. The summed E-state index contributed by atoms with van der Waals surface area (Å²) in [6.45, 7) is 1.77. The van der Waals surface area contributed by atoms with Crippen LogP contribution in [0.2, 0.25) is 0 Å². The van der Waals surface area contributed by atoms with E-state index in [-0.39, 0.29) is 0 Å². The molecular formula is C8H13N3O5. The highest BCUT2D eigenvalue weighted by atomic mass is 16.7. The van der Waals surface area contributed by atoms with Gasteiger partial charge in [0.25, 0.3) is 0 Å². The maximum atomic E-state index is 10.7. The van der Waals surface area contributed by atoms with Crippen LogP contribution in [-0.2, 0) is 9.47 Å². The van der Waals surface area contributed by atoms with E-state index in [4.69, 9.17) is 9.47 Å². The van der Waals surface area contributed by atoms with Crippen molar-refractivity contribution in [2.75, 3.05) is 7.11 Å². The van der Waals surface area contributed by atoms with Crippen molar-refractivity contribution in [1.82, 2.24) is 0 Å². The Morgan fingerprint density at radius 3 is 2.00 bits per heavy atom. The maximum absolute atomic E-state index is 10.7. The first-order valence-corrected chi connectivity index (χ1v) is 4.89. The lowest BCUT2D eigenvalue weighted by Crippen LogP contribution is -2.55. The van der Waals surface area contributed by atoms with Gasteiger partial charge in [-0.05, 0) is 6.42 Å². The van der Waals surface area contributed by atoms with Gasteiger partial charge >= 0.3 is 0 Å².